The summed E-state index contributed by atoms with van der Waals surface area (Å²) in [4.78, 5) is 21.4. The number of H-pyrrole nitrogens is 1. The third-order valence-corrected chi connectivity index (χ3v) is 5.37. The molecule has 0 radical (unpaired) electrons. The Morgan fingerprint density at radius 2 is 1.87 bits per heavy atom. The van der Waals surface area contributed by atoms with Crippen molar-refractivity contribution in [2.75, 3.05) is 7.05 Å². The van der Waals surface area contributed by atoms with E-state index in [1.165, 1.54) is 0 Å². The van der Waals surface area contributed by atoms with Gasteiger partial charge in [0.25, 0.3) is 0 Å². The first-order valence-corrected chi connectivity index (χ1v) is 10.0. The fraction of sp³-hybridized carbons (Fsp3) is 0.167. The molecule has 5 aromatic rings. The summed E-state index contributed by atoms with van der Waals surface area (Å²) in [6.07, 6.45) is 7.19. The molecule has 4 heterocycles. The molecule has 4 aromatic heterocycles. The number of nitrogens with zero attached hydrogens (tertiary/aromatic N) is 5. The summed E-state index contributed by atoms with van der Waals surface area (Å²) in [7, 11) is 1.73. The Hall–Kier alpha value is -3.84. The minimum atomic E-state index is -0.900. The van der Waals surface area contributed by atoms with Crippen molar-refractivity contribution in [2.24, 2.45) is 4.99 Å². The second-order valence-corrected chi connectivity index (χ2v) is 7.93. The maximum absolute atomic E-state index is 10.3. The Morgan fingerprint density at radius 3 is 2.61 bits per heavy atom. The maximum atomic E-state index is 10.3. The summed E-state index contributed by atoms with van der Waals surface area (Å²) >= 11 is 0. The van der Waals surface area contributed by atoms with E-state index in [0.717, 1.165) is 50.6 Å². The number of benzene rings is 1. The van der Waals surface area contributed by atoms with Gasteiger partial charge in [-0.15, -0.1) is 0 Å². The van der Waals surface area contributed by atoms with Gasteiger partial charge in [0.1, 0.15) is 5.82 Å². The Bertz CT molecular complexity index is 1420. The Kier molecular flexibility index (Phi) is 4.41. The van der Waals surface area contributed by atoms with Gasteiger partial charge in [-0.25, -0.2) is 9.97 Å². The number of hydrogen-bond acceptors (Lipinski definition) is 5. The van der Waals surface area contributed by atoms with Crippen LogP contribution in [0.4, 0.5) is 0 Å². The molecule has 0 fully saturated rings. The largest absolute Gasteiger partial charge is 0.386 e. The third-order valence-electron chi connectivity index (χ3n) is 5.37. The van der Waals surface area contributed by atoms with E-state index in [1.807, 2.05) is 54.9 Å². The quantitative estimate of drug-likeness (QED) is 0.434. The minimum absolute atomic E-state index is 0.751. The van der Waals surface area contributed by atoms with Crippen molar-refractivity contribution in [2.45, 2.75) is 19.4 Å². The first-order valence-electron chi connectivity index (χ1n) is 10.0. The first kappa shape index (κ1) is 19.1. The molecule has 0 bridgehead atoms. The number of aliphatic imine (C=N–C) groups is 1. The van der Waals surface area contributed by atoms with Gasteiger partial charge in [0, 0.05) is 36.8 Å². The molecule has 0 spiro atoms. The molecular formula is C24H22N6O. The van der Waals surface area contributed by atoms with Crippen molar-refractivity contribution in [3.8, 4) is 22.6 Å². The molecular weight excluding hydrogens is 388 g/mol. The molecule has 0 atom stereocenters. The van der Waals surface area contributed by atoms with Gasteiger partial charge in [0.05, 0.1) is 34.2 Å². The predicted molar refractivity (Wildman–Crippen MR) is 122 cm³/mol. The Balaban J connectivity index is 1.81. The number of pyridine rings is 1. The van der Waals surface area contributed by atoms with Gasteiger partial charge in [-0.2, -0.15) is 0 Å². The molecule has 0 aliphatic carbocycles. The molecule has 2 N–H and O–H groups in total. The molecule has 0 aliphatic heterocycles. The first-order chi connectivity index (χ1) is 15.0. The third kappa shape index (κ3) is 3.19. The van der Waals surface area contributed by atoms with Crippen molar-refractivity contribution in [1.82, 2.24) is 24.3 Å². The fourth-order valence-corrected chi connectivity index (χ4v) is 3.82. The maximum Gasteiger partial charge on any atom is 0.154 e. The second kappa shape index (κ2) is 7.14. The topological polar surface area (TPSA) is 91.5 Å². The lowest BCUT2D eigenvalue weighted by Gasteiger charge is -2.17. The van der Waals surface area contributed by atoms with Crippen LogP contribution in [0.3, 0.4) is 0 Å². The number of hydrogen-bond donors (Lipinski definition) is 2. The number of nitrogens with one attached hydrogen (secondary N) is 1. The monoisotopic (exact) mass is 410 g/mol. The van der Waals surface area contributed by atoms with Gasteiger partial charge in [0.2, 0.25) is 0 Å². The van der Waals surface area contributed by atoms with E-state index in [0.29, 0.717) is 0 Å². The Labute approximate surface area is 179 Å². The molecule has 0 saturated heterocycles. The normalized spacial score (nSPS) is 12.4. The molecule has 0 aliphatic rings. The van der Waals surface area contributed by atoms with Crippen molar-refractivity contribution >= 4 is 22.9 Å². The molecule has 5 rings (SSSR count). The van der Waals surface area contributed by atoms with E-state index in [-0.39, 0.29) is 0 Å². The molecule has 0 saturated carbocycles. The van der Waals surface area contributed by atoms with Crippen LogP contribution in [0.15, 0.2) is 66.0 Å². The number of aliphatic hydroxyl groups is 1. The molecule has 7 nitrogen and oxygen atoms in total. The van der Waals surface area contributed by atoms with Crippen molar-refractivity contribution in [3.63, 3.8) is 0 Å². The average Bonchev–Trinajstić information content (AvgIpc) is 3.38. The van der Waals surface area contributed by atoms with E-state index in [1.54, 1.807) is 33.3 Å². The van der Waals surface area contributed by atoms with Crippen molar-refractivity contribution in [3.05, 3.63) is 72.3 Å². The van der Waals surface area contributed by atoms with E-state index >= 15 is 0 Å². The highest BCUT2D eigenvalue weighted by atomic mass is 16.3. The van der Waals surface area contributed by atoms with Gasteiger partial charge in [-0.3, -0.25) is 14.4 Å². The van der Waals surface area contributed by atoms with Crippen LogP contribution in [0.2, 0.25) is 0 Å². The summed E-state index contributed by atoms with van der Waals surface area (Å²) in [6.45, 7) is 3.55. The van der Waals surface area contributed by atoms with E-state index < -0.39 is 5.60 Å². The molecule has 1 aromatic carbocycles. The summed E-state index contributed by atoms with van der Waals surface area (Å²) in [6, 6.07) is 13.7. The fourth-order valence-electron chi connectivity index (χ4n) is 3.82. The van der Waals surface area contributed by atoms with Crippen LogP contribution in [0.1, 0.15) is 25.1 Å². The molecule has 0 amide bonds. The van der Waals surface area contributed by atoms with Crippen LogP contribution >= 0.6 is 0 Å². The lowest BCUT2D eigenvalue weighted by Crippen LogP contribution is -2.14. The molecule has 7 heteroatoms. The van der Waals surface area contributed by atoms with Gasteiger partial charge >= 0.3 is 0 Å². The van der Waals surface area contributed by atoms with Crippen molar-refractivity contribution in [1.29, 1.82) is 0 Å². The van der Waals surface area contributed by atoms with Crippen molar-refractivity contribution < 1.29 is 5.11 Å². The standard InChI is InChI=1S/C24H22N6O/c1-24(2,31)16-8-6-15(7-9-16)21-20-14-28-22-19(10-12-27-22)30(20)23(29-21)17-5-4-11-26-18(17)13-25-3/h4-14,27,31H,1-3H3. The van der Waals surface area contributed by atoms with Crippen LogP contribution in [0.5, 0.6) is 0 Å². The SMILES string of the molecule is CN=Cc1ncccc1-c1nc(-c2ccc(C(C)(C)O)cc2)c2cnc3[nH]ccc3n12. The summed E-state index contributed by atoms with van der Waals surface area (Å²) in [5.41, 5.74) is 5.95. The number of aromatic nitrogens is 5. The molecule has 31 heavy (non-hydrogen) atoms. The lowest BCUT2D eigenvalue weighted by atomic mass is 9.97. The second-order valence-electron chi connectivity index (χ2n) is 7.93. The van der Waals surface area contributed by atoms with E-state index in [4.69, 9.17) is 4.98 Å². The highest BCUT2D eigenvalue weighted by molar-refractivity contribution is 5.92. The number of aromatic amines is 1. The smallest absolute Gasteiger partial charge is 0.154 e. The minimum Gasteiger partial charge on any atom is -0.386 e. The van der Waals surface area contributed by atoms with Gasteiger partial charge < -0.3 is 10.1 Å². The molecule has 0 unspecified atom stereocenters. The van der Waals surface area contributed by atoms with Gasteiger partial charge in [-0.05, 0) is 37.6 Å². The van der Waals surface area contributed by atoms with Crippen LogP contribution in [0.25, 0.3) is 39.3 Å². The zero-order chi connectivity index (χ0) is 21.6. The molecule has 154 valence electrons. The summed E-state index contributed by atoms with van der Waals surface area (Å²) < 4.78 is 2.10. The predicted octanol–water partition coefficient (Wildman–Crippen LogP) is 4.22. The van der Waals surface area contributed by atoms with Gasteiger partial charge in [0.15, 0.2) is 5.65 Å². The lowest BCUT2D eigenvalue weighted by molar-refractivity contribution is 0.0786. The summed E-state index contributed by atoms with van der Waals surface area (Å²) in [5.74, 6) is 0.770. The van der Waals surface area contributed by atoms with Crippen LogP contribution < -0.4 is 0 Å². The highest BCUT2D eigenvalue weighted by Gasteiger charge is 2.21. The average molecular weight is 410 g/mol. The van der Waals surface area contributed by atoms with Crippen LogP contribution in [0, 0.1) is 0 Å². The van der Waals surface area contributed by atoms with E-state index in [2.05, 4.69) is 24.3 Å². The number of fused-ring (bicyclic) bond motifs is 3. The van der Waals surface area contributed by atoms with Crippen LogP contribution in [-0.4, -0.2) is 42.7 Å². The zero-order valence-corrected chi connectivity index (χ0v) is 17.5. The summed E-state index contributed by atoms with van der Waals surface area (Å²) in [5, 5.41) is 10.3. The van der Waals surface area contributed by atoms with E-state index in [9.17, 15) is 5.11 Å². The Morgan fingerprint density at radius 1 is 1.06 bits per heavy atom. The number of rotatable bonds is 4. The van der Waals surface area contributed by atoms with Gasteiger partial charge in [-0.1, -0.05) is 24.3 Å². The zero-order valence-electron chi connectivity index (χ0n) is 17.5. The number of imidazole rings is 1. The van der Waals surface area contributed by atoms with Crippen LogP contribution in [-0.2, 0) is 5.60 Å². The highest BCUT2D eigenvalue weighted by Crippen LogP contribution is 2.33.